The van der Waals surface area contributed by atoms with Crippen LogP contribution in [0.4, 0.5) is 11.4 Å². The second kappa shape index (κ2) is 10.7. The fourth-order valence-electron chi connectivity index (χ4n) is 2.51. The minimum Gasteiger partial charge on any atom is -0.484 e. The summed E-state index contributed by atoms with van der Waals surface area (Å²) in [6, 6.07) is 18.8. The number of nitro groups is 1. The number of halogens is 1. The van der Waals surface area contributed by atoms with Gasteiger partial charge >= 0.3 is 0 Å². The highest BCUT2D eigenvalue weighted by atomic mass is 35.5. The molecule has 0 aliphatic carbocycles. The van der Waals surface area contributed by atoms with E-state index in [2.05, 4.69) is 15.8 Å². The van der Waals surface area contributed by atoms with E-state index in [9.17, 15) is 19.7 Å². The maximum Gasteiger partial charge on any atom is 0.271 e. The third-order valence-electron chi connectivity index (χ3n) is 4.12. The van der Waals surface area contributed by atoms with Crippen LogP contribution in [0.15, 0.2) is 77.9 Å². The molecule has 9 nitrogen and oxygen atoms in total. The number of non-ortho nitro benzene ring substituents is 1. The number of carbonyl (C=O) groups excluding carboxylic acids is 2. The second-order valence-electron chi connectivity index (χ2n) is 6.39. The number of amides is 2. The molecule has 0 radical (unpaired) electrons. The Morgan fingerprint density at radius 1 is 1.03 bits per heavy atom. The monoisotopic (exact) mass is 452 g/mol. The molecule has 3 aromatic rings. The lowest BCUT2D eigenvalue weighted by molar-refractivity contribution is -0.384. The molecule has 0 atom stereocenters. The van der Waals surface area contributed by atoms with Crippen LogP contribution in [0.1, 0.15) is 15.9 Å². The summed E-state index contributed by atoms with van der Waals surface area (Å²) in [7, 11) is 0. The van der Waals surface area contributed by atoms with Crippen molar-refractivity contribution < 1.29 is 19.2 Å². The number of para-hydroxylation sites is 1. The van der Waals surface area contributed by atoms with E-state index < -0.39 is 10.8 Å². The average Bonchev–Trinajstić information content (AvgIpc) is 2.80. The molecule has 3 rings (SSSR count). The highest BCUT2D eigenvalue weighted by Gasteiger charge is 2.09. The van der Waals surface area contributed by atoms with E-state index in [0.29, 0.717) is 22.0 Å². The lowest BCUT2D eigenvalue weighted by atomic mass is 10.2. The van der Waals surface area contributed by atoms with Crippen molar-refractivity contribution in [3.05, 3.63) is 99.1 Å². The van der Waals surface area contributed by atoms with Crippen molar-refractivity contribution in [2.24, 2.45) is 5.10 Å². The summed E-state index contributed by atoms with van der Waals surface area (Å²) in [6.45, 7) is -0.191. The van der Waals surface area contributed by atoms with Crippen LogP contribution in [0.2, 0.25) is 5.02 Å². The van der Waals surface area contributed by atoms with Crippen molar-refractivity contribution in [1.29, 1.82) is 0 Å². The predicted octanol–water partition coefficient (Wildman–Crippen LogP) is 4.03. The van der Waals surface area contributed by atoms with Crippen LogP contribution < -0.4 is 15.5 Å². The standard InChI is InChI=1S/C22H17ClN4O5/c23-19-3-1-2-4-20(19)25-21(28)14-32-18-11-5-15(6-12-18)13-24-26-22(29)16-7-9-17(10-8-16)27(30)31/h1-13H,14H2,(H,25,28)(H,26,29)/b24-13-. The number of nitrogens with one attached hydrogen (secondary N) is 2. The third-order valence-corrected chi connectivity index (χ3v) is 4.45. The van der Waals surface area contributed by atoms with Crippen molar-refractivity contribution in [2.75, 3.05) is 11.9 Å². The van der Waals surface area contributed by atoms with E-state index in [0.717, 1.165) is 0 Å². The molecule has 3 aromatic carbocycles. The van der Waals surface area contributed by atoms with Gasteiger partial charge in [-0.25, -0.2) is 5.43 Å². The SMILES string of the molecule is O=C(COc1ccc(/C=N\NC(=O)c2ccc([N+](=O)[O-])cc2)cc1)Nc1ccccc1Cl. The number of nitro benzene ring substituents is 1. The summed E-state index contributed by atoms with van der Waals surface area (Å²) in [5, 5.41) is 17.6. The minimum absolute atomic E-state index is 0.103. The second-order valence-corrected chi connectivity index (χ2v) is 6.80. The zero-order chi connectivity index (χ0) is 22.9. The summed E-state index contributed by atoms with van der Waals surface area (Å²) >= 11 is 6.00. The molecule has 0 fully saturated rings. The first-order valence-electron chi connectivity index (χ1n) is 9.27. The lowest BCUT2D eigenvalue weighted by Gasteiger charge is -2.08. The normalized spacial score (nSPS) is 10.5. The Hall–Kier alpha value is -4.24. The molecule has 2 amide bonds. The molecule has 162 valence electrons. The van der Waals surface area contributed by atoms with Gasteiger partial charge in [0.15, 0.2) is 6.61 Å². The van der Waals surface area contributed by atoms with Gasteiger partial charge in [0.05, 0.1) is 21.8 Å². The Labute approximate surface area is 187 Å². The van der Waals surface area contributed by atoms with Crippen LogP contribution in [0.25, 0.3) is 0 Å². The summed E-state index contributed by atoms with van der Waals surface area (Å²) < 4.78 is 5.44. The maximum absolute atomic E-state index is 12.0. The number of ether oxygens (including phenoxy) is 1. The van der Waals surface area contributed by atoms with E-state index >= 15 is 0 Å². The first-order chi connectivity index (χ1) is 15.4. The quantitative estimate of drug-likeness (QED) is 0.303. The average molecular weight is 453 g/mol. The number of hydrazone groups is 1. The van der Waals surface area contributed by atoms with Crippen molar-refractivity contribution in [1.82, 2.24) is 5.43 Å². The van der Waals surface area contributed by atoms with Gasteiger partial charge in [0.25, 0.3) is 17.5 Å². The number of hydrogen-bond donors (Lipinski definition) is 2. The number of benzene rings is 3. The van der Waals surface area contributed by atoms with Gasteiger partial charge in [0, 0.05) is 17.7 Å². The first kappa shape index (κ1) is 22.4. The fourth-order valence-corrected chi connectivity index (χ4v) is 2.70. The minimum atomic E-state index is -0.543. The van der Waals surface area contributed by atoms with Gasteiger partial charge in [-0.15, -0.1) is 0 Å². The van der Waals surface area contributed by atoms with Gasteiger partial charge in [0.2, 0.25) is 0 Å². The predicted molar refractivity (Wildman–Crippen MR) is 120 cm³/mol. The van der Waals surface area contributed by atoms with Gasteiger partial charge in [-0.3, -0.25) is 19.7 Å². The summed E-state index contributed by atoms with van der Waals surface area (Å²) in [6.07, 6.45) is 1.43. The number of rotatable bonds is 8. The van der Waals surface area contributed by atoms with E-state index in [4.69, 9.17) is 16.3 Å². The molecular weight excluding hydrogens is 436 g/mol. The molecule has 0 saturated heterocycles. The van der Waals surface area contributed by atoms with E-state index in [1.807, 2.05) is 0 Å². The van der Waals surface area contributed by atoms with Crippen molar-refractivity contribution >= 4 is 41.0 Å². The fraction of sp³-hybridized carbons (Fsp3) is 0.0455. The number of carbonyl (C=O) groups is 2. The van der Waals surface area contributed by atoms with Crippen LogP contribution in [0.3, 0.4) is 0 Å². The Morgan fingerprint density at radius 3 is 2.38 bits per heavy atom. The number of nitrogens with zero attached hydrogens (tertiary/aromatic N) is 2. The maximum atomic E-state index is 12.0. The van der Waals surface area contributed by atoms with Gasteiger partial charge in [-0.1, -0.05) is 23.7 Å². The Balaban J connectivity index is 1.47. The topological polar surface area (TPSA) is 123 Å². The Kier molecular flexibility index (Phi) is 7.50. The van der Waals surface area contributed by atoms with E-state index in [-0.39, 0.29) is 23.8 Å². The van der Waals surface area contributed by atoms with Crippen molar-refractivity contribution in [2.45, 2.75) is 0 Å². The third kappa shape index (κ3) is 6.38. The van der Waals surface area contributed by atoms with Crippen LogP contribution in [-0.4, -0.2) is 29.6 Å². The molecule has 0 heterocycles. The highest BCUT2D eigenvalue weighted by molar-refractivity contribution is 6.33. The Morgan fingerprint density at radius 2 is 1.72 bits per heavy atom. The van der Waals surface area contributed by atoms with Crippen LogP contribution in [-0.2, 0) is 4.79 Å². The summed E-state index contributed by atoms with van der Waals surface area (Å²) in [5.41, 5.74) is 3.67. The zero-order valence-corrected chi connectivity index (χ0v) is 17.3. The molecule has 0 aliphatic rings. The highest BCUT2D eigenvalue weighted by Crippen LogP contribution is 2.20. The molecule has 10 heteroatoms. The summed E-state index contributed by atoms with van der Waals surface area (Å²) in [5.74, 6) is -0.371. The lowest BCUT2D eigenvalue weighted by Crippen LogP contribution is -2.20. The number of hydrogen-bond acceptors (Lipinski definition) is 6. The molecular formula is C22H17ClN4O5. The molecule has 0 aromatic heterocycles. The first-order valence-corrected chi connectivity index (χ1v) is 9.65. The molecule has 0 aliphatic heterocycles. The van der Waals surface area contributed by atoms with Gasteiger partial charge in [0.1, 0.15) is 5.75 Å². The van der Waals surface area contributed by atoms with Gasteiger partial charge < -0.3 is 10.1 Å². The molecule has 0 unspecified atom stereocenters. The molecule has 0 bridgehead atoms. The van der Waals surface area contributed by atoms with Gasteiger partial charge in [-0.05, 0) is 54.1 Å². The summed E-state index contributed by atoms with van der Waals surface area (Å²) in [4.78, 5) is 34.1. The van der Waals surface area contributed by atoms with Crippen molar-refractivity contribution in [3.8, 4) is 5.75 Å². The zero-order valence-electron chi connectivity index (χ0n) is 16.5. The number of anilines is 1. The van der Waals surface area contributed by atoms with Crippen LogP contribution >= 0.6 is 11.6 Å². The van der Waals surface area contributed by atoms with Gasteiger partial charge in [-0.2, -0.15) is 5.10 Å². The molecule has 0 saturated carbocycles. The Bertz CT molecular complexity index is 1150. The van der Waals surface area contributed by atoms with E-state index in [1.54, 1.807) is 48.5 Å². The molecule has 32 heavy (non-hydrogen) atoms. The largest absolute Gasteiger partial charge is 0.484 e. The van der Waals surface area contributed by atoms with E-state index in [1.165, 1.54) is 30.5 Å². The molecule has 2 N–H and O–H groups in total. The van der Waals surface area contributed by atoms with Crippen molar-refractivity contribution in [3.63, 3.8) is 0 Å². The smallest absolute Gasteiger partial charge is 0.271 e. The van der Waals surface area contributed by atoms with Crippen LogP contribution in [0.5, 0.6) is 5.75 Å². The van der Waals surface area contributed by atoms with Crippen LogP contribution in [0, 0.1) is 10.1 Å². The molecule has 0 spiro atoms.